The topological polar surface area (TPSA) is 68.9 Å². The van der Waals surface area contributed by atoms with E-state index < -0.39 is 0 Å². The lowest BCUT2D eigenvalue weighted by atomic mass is 9.96. The monoisotopic (exact) mass is 291 g/mol. The van der Waals surface area contributed by atoms with Crippen molar-refractivity contribution in [3.05, 3.63) is 29.8 Å². The zero-order chi connectivity index (χ0) is 15.1. The number of nitrogens with one attached hydrogen (secondary N) is 1. The van der Waals surface area contributed by atoms with Crippen LogP contribution in [0.2, 0.25) is 0 Å². The van der Waals surface area contributed by atoms with Gasteiger partial charge in [0.15, 0.2) is 5.96 Å². The fourth-order valence-electron chi connectivity index (χ4n) is 2.18. The first-order chi connectivity index (χ1) is 10.2. The lowest BCUT2D eigenvalue weighted by molar-refractivity contribution is 0.119. The molecule has 1 saturated carbocycles. The molecule has 1 fully saturated rings. The van der Waals surface area contributed by atoms with Crippen molar-refractivity contribution >= 4 is 5.96 Å². The smallest absolute Gasteiger partial charge is 0.189 e. The van der Waals surface area contributed by atoms with Gasteiger partial charge in [0.1, 0.15) is 5.75 Å². The molecule has 0 saturated heterocycles. The van der Waals surface area contributed by atoms with Crippen LogP contribution in [0.3, 0.4) is 0 Å². The number of hydrogen-bond donors (Lipinski definition) is 2. The van der Waals surface area contributed by atoms with Gasteiger partial charge in [-0.05, 0) is 32.3 Å². The molecule has 0 heterocycles. The molecule has 5 nitrogen and oxygen atoms in total. The Hall–Kier alpha value is -1.75. The molecule has 1 unspecified atom stereocenters. The number of ether oxygens (including phenoxy) is 2. The molecule has 1 aliphatic carbocycles. The zero-order valence-corrected chi connectivity index (χ0v) is 12.8. The Bertz CT molecular complexity index is 472. The zero-order valence-electron chi connectivity index (χ0n) is 12.8. The maximum absolute atomic E-state index is 5.98. The molecule has 21 heavy (non-hydrogen) atoms. The van der Waals surface area contributed by atoms with E-state index in [2.05, 4.69) is 10.3 Å². The van der Waals surface area contributed by atoms with Crippen molar-refractivity contribution in [2.24, 2.45) is 10.7 Å². The molecule has 0 aliphatic heterocycles. The largest absolute Gasteiger partial charge is 0.490 e. The van der Waals surface area contributed by atoms with Crippen LogP contribution in [-0.2, 0) is 11.3 Å². The summed E-state index contributed by atoms with van der Waals surface area (Å²) in [5.74, 6) is 1.35. The summed E-state index contributed by atoms with van der Waals surface area (Å²) >= 11 is 0. The number of benzene rings is 1. The summed E-state index contributed by atoms with van der Waals surface area (Å²) in [5, 5.41) is 3.10. The molecule has 2 rings (SSSR count). The summed E-state index contributed by atoms with van der Waals surface area (Å²) in [4.78, 5) is 4.38. The highest BCUT2D eigenvalue weighted by atomic mass is 16.5. The Labute approximate surface area is 126 Å². The fourth-order valence-corrected chi connectivity index (χ4v) is 2.18. The highest BCUT2D eigenvalue weighted by molar-refractivity contribution is 5.78. The molecule has 1 aromatic rings. The van der Waals surface area contributed by atoms with Crippen molar-refractivity contribution in [1.29, 1.82) is 0 Å². The maximum Gasteiger partial charge on any atom is 0.189 e. The number of hydrogen-bond acceptors (Lipinski definition) is 3. The van der Waals surface area contributed by atoms with Gasteiger partial charge in [-0.3, -0.25) is 0 Å². The summed E-state index contributed by atoms with van der Waals surface area (Å²) in [5.41, 5.74) is 6.95. The van der Waals surface area contributed by atoms with Gasteiger partial charge >= 0.3 is 0 Å². The predicted octanol–water partition coefficient (Wildman–Crippen LogP) is 2.06. The van der Waals surface area contributed by atoms with E-state index in [-0.39, 0.29) is 6.04 Å². The minimum atomic E-state index is 0.139. The van der Waals surface area contributed by atoms with Crippen LogP contribution in [0.15, 0.2) is 29.3 Å². The molecule has 0 amide bonds. The number of methoxy groups -OCH3 is 1. The lowest BCUT2D eigenvalue weighted by Crippen LogP contribution is -2.40. The molecule has 0 aromatic heterocycles. The Morgan fingerprint density at radius 2 is 2.19 bits per heavy atom. The minimum absolute atomic E-state index is 0.139. The van der Waals surface area contributed by atoms with Gasteiger partial charge in [-0.2, -0.15) is 0 Å². The summed E-state index contributed by atoms with van der Waals surface area (Å²) < 4.78 is 11.0. The molecule has 0 bridgehead atoms. The molecule has 1 aromatic carbocycles. The summed E-state index contributed by atoms with van der Waals surface area (Å²) in [6, 6.07) is 8.16. The highest BCUT2D eigenvalue weighted by Gasteiger charge is 2.20. The van der Waals surface area contributed by atoms with Crippen LogP contribution in [0.1, 0.15) is 31.7 Å². The second kappa shape index (κ2) is 7.88. The van der Waals surface area contributed by atoms with Gasteiger partial charge in [-0.15, -0.1) is 0 Å². The van der Waals surface area contributed by atoms with E-state index in [9.17, 15) is 0 Å². The first-order valence-corrected chi connectivity index (χ1v) is 7.49. The summed E-state index contributed by atoms with van der Waals surface area (Å²) in [6.07, 6.45) is 3.93. The van der Waals surface area contributed by atoms with Gasteiger partial charge < -0.3 is 20.5 Å². The third-order valence-corrected chi connectivity index (χ3v) is 3.55. The molecular weight excluding hydrogens is 266 g/mol. The number of para-hydroxylation sites is 1. The van der Waals surface area contributed by atoms with Crippen LogP contribution in [0.25, 0.3) is 0 Å². The molecule has 3 N–H and O–H groups in total. The number of aliphatic imine (C=N–C) groups is 1. The van der Waals surface area contributed by atoms with Crippen LogP contribution >= 0.6 is 0 Å². The van der Waals surface area contributed by atoms with Crippen molar-refractivity contribution in [1.82, 2.24) is 5.32 Å². The van der Waals surface area contributed by atoms with E-state index in [1.807, 2.05) is 31.2 Å². The van der Waals surface area contributed by atoms with Gasteiger partial charge in [-0.1, -0.05) is 18.2 Å². The summed E-state index contributed by atoms with van der Waals surface area (Å²) in [6.45, 7) is 3.11. The Kier molecular flexibility index (Phi) is 5.87. The third-order valence-electron chi connectivity index (χ3n) is 3.55. The molecule has 0 spiro atoms. The molecule has 5 heteroatoms. The third kappa shape index (κ3) is 4.93. The quantitative estimate of drug-likeness (QED) is 0.596. The second-order valence-electron chi connectivity index (χ2n) is 5.48. The molecule has 116 valence electrons. The number of nitrogens with zero attached hydrogens (tertiary/aromatic N) is 1. The number of rotatable bonds is 7. The lowest BCUT2D eigenvalue weighted by Gasteiger charge is -2.27. The number of nitrogens with two attached hydrogens (primary N) is 1. The first-order valence-electron chi connectivity index (χ1n) is 7.49. The minimum Gasteiger partial charge on any atom is -0.490 e. The van der Waals surface area contributed by atoms with Gasteiger partial charge in [0, 0.05) is 18.7 Å². The van der Waals surface area contributed by atoms with Gasteiger partial charge in [-0.25, -0.2) is 4.99 Å². The Balaban J connectivity index is 1.92. The average Bonchev–Trinajstić information content (AvgIpc) is 2.42. The van der Waals surface area contributed by atoms with E-state index in [4.69, 9.17) is 15.2 Å². The average molecular weight is 291 g/mol. The second-order valence-corrected chi connectivity index (χ2v) is 5.48. The Morgan fingerprint density at radius 3 is 2.86 bits per heavy atom. The van der Waals surface area contributed by atoms with Gasteiger partial charge in [0.05, 0.1) is 19.3 Å². The van der Waals surface area contributed by atoms with Crippen molar-refractivity contribution in [3.63, 3.8) is 0 Å². The van der Waals surface area contributed by atoms with Crippen molar-refractivity contribution < 1.29 is 9.47 Å². The maximum atomic E-state index is 5.98. The number of guanidine groups is 1. The van der Waals surface area contributed by atoms with Gasteiger partial charge in [0.25, 0.3) is 0 Å². The van der Waals surface area contributed by atoms with E-state index in [1.165, 1.54) is 6.42 Å². The van der Waals surface area contributed by atoms with Crippen molar-refractivity contribution in [2.75, 3.05) is 13.7 Å². The molecule has 0 radical (unpaired) electrons. The van der Waals surface area contributed by atoms with Crippen LogP contribution < -0.4 is 15.8 Å². The van der Waals surface area contributed by atoms with Crippen molar-refractivity contribution in [3.8, 4) is 5.75 Å². The van der Waals surface area contributed by atoms with Crippen LogP contribution in [0.5, 0.6) is 5.75 Å². The van der Waals surface area contributed by atoms with Crippen LogP contribution in [0, 0.1) is 0 Å². The molecule has 1 atom stereocenters. The van der Waals surface area contributed by atoms with E-state index in [1.54, 1.807) is 7.11 Å². The van der Waals surface area contributed by atoms with E-state index in [0.29, 0.717) is 25.2 Å². The predicted molar refractivity (Wildman–Crippen MR) is 84.5 cm³/mol. The van der Waals surface area contributed by atoms with E-state index in [0.717, 1.165) is 24.2 Å². The van der Waals surface area contributed by atoms with Crippen LogP contribution in [-0.4, -0.2) is 31.8 Å². The fraction of sp³-hybridized carbons (Fsp3) is 0.562. The standard InChI is InChI=1S/C16H25N3O2/c1-12(11-20-2)19-16(17)18-10-13-6-3-4-9-15(13)21-14-7-5-8-14/h3-4,6,9,12,14H,5,7-8,10-11H2,1-2H3,(H3,17,18,19). The SMILES string of the molecule is COCC(C)NC(N)=NCc1ccccc1OC1CCC1. The normalized spacial score (nSPS) is 17.1. The Morgan fingerprint density at radius 1 is 1.43 bits per heavy atom. The van der Waals surface area contributed by atoms with E-state index >= 15 is 0 Å². The van der Waals surface area contributed by atoms with Crippen LogP contribution in [0.4, 0.5) is 0 Å². The summed E-state index contributed by atoms with van der Waals surface area (Å²) in [7, 11) is 1.67. The molecular formula is C16H25N3O2. The first kappa shape index (κ1) is 15.6. The molecule has 1 aliphatic rings. The van der Waals surface area contributed by atoms with Crippen molar-refractivity contribution in [2.45, 2.75) is 44.9 Å². The highest BCUT2D eigenvalue weighted by Crippen LogP contribution is 2.27. The van der Waals surface area contributed by atoms with Gasteiger partial charge in [0.2, 0.25) is 0 Å².